The number of hydrogen-bond donors (Lipinski definition) is 1. The Kier molecular flexibility index (Phi) is 6.12. The molecule has 2 aliphatic rings. The molecule has 24 heavy (non-hydrogen) atoms. The number of benzene rings is 1. The van der Waals surface area contributed by atoms with E-state index in [1.165, 1.54) is 18.4 Å². The predicted molar refractivity (Wildman–Crippen MR) is 97.1 cm³/mol. The number of halogens is 1. The van der Waals surface area contributed by atoms with Crippen LogP contribution in [-0.2, 0) is 16.1 Å². The average Bonchev–Trinajstić information content (AvgIpc) is 3.33. The molecule has 3 rings (SSSR count). The van der Waals surface area contributed by atoms with E-state index >= 15 is 0 Å². The third-order valence-corrected chi connectivity index (χ3v) is 4.34. The maximum absolute atomic E-state index is 12.7. The van der Waals surface area contributed by atoms with E-state index < -0.39 is 5.60 Å². The minimum absolute atomic E-state index is 0. The van der Waals surface area contributed by atoms with Crippen LogP contribution in [0, 0.1) is 0 Å². The van der Waals surface area contributed by atoms with Gasteiger partial charge in [-0.05, 0) is 50.8 Å². The van der Waals surface area contributed by atoms with Gasteiger partial charge in [0.2, 0.25) is 0 Å². The monoisotopic (exact) mass is 354 g/mol. The summed E-state index contributed by atoms with van der Waals surface area (Å²) in [6.45, 7) is 5.79. The number of hydrogen-bond acceptors (Lipinski definition) is 4. The molecule has 0 atom stereocenters. The van der Waals surface area contributed by atoms with Gasteiger partial charge < -0.3 is 19.7 Å². The fourth-order valence-corrected chi connectivity index (χ4v) is 2.86. The van der Waals surface area contributed by atoms with Crippen molar-refractivity contribution in [2.75, 3.05) is 25.2 Å². The quantitative estimate of drug-likeness (QED) is 0.765. The lowest BCUT2D eigenvalue weighted by molar-refractivity contribution is -0.132. The van der Waals surface area contributed by atoms with Crippen LogP contribution >= 0.6 is 12.4 Å². The van der Waals surface area contributed by atoms with Crippen LogP contribution in [0.5, 0.6) is 5.75 Å². The Bertz CT molecular complexity index is 588. The van der Waals surface area contributed by atoms with Gasteiger partial charge in [0, 0.05) is 32.8 Å². The summed E-state index contributed by atoms with van der Waals surface area (Å²) in [6, 6.07) is 6.81. The van der Waals surface area contributed by atoms with Crippen molar-refractivity contribution in [3.05, 3.63) is 23.8 Å². The zero-order valence-corrected chi connectivity index (χ0v) is 15.4. The second-order valence-electron chi connectivity index (χ2n) is 6.87. The van der Waals surface area contributed by atoms with E-state index in [1.807, 2.05) is 24.8 Å². The fourth-order valence-electron chi connectivity index (χ4n) is 2.86. The summed E-state index contributed by atoms with van der Waals surface area (Å²) in [5, 5.41) is 3.51. The molecule has 5 nitrogen and oxygen atoms in total. The van der Waals surface area contributed by atoms with Gasteiger partial charge in [0.1, 0.15) is 5.75 Å². The van der Waals surface area contributed by atoms with Crippen LogP contribution in [0.1, 0.15) is 38.7 Å². The normalized spacial score (nSPS) is 18.6. The number of carbonyl (C=O) groups excluding carboxylic acids is 1. The molecule has 0 saturated heterocycles. The summed E-state index contributed by atoms with van der Waals surface area (Å²) in [6.07, 6.45) is 3.36. The third-order valence-electron chi connectivity index (χ3n) is 4.34. The van der Waals surface area contributed by atoms with Crippen LogP contribution in [0.2, 0.25) is 0 Å². The molecule has 0 spiro atoms. The maximum Gasteiger partial charge on any atom is 0.270 e. The first-order valence-electron chi connectivity index (χ1n) is 8.37. The summed E-state index contributed by atoms with van der Waals surface area (Å²) in [5.41, 5.74) is 1.22. The van der Waals surface area contributed by atoms with Crippen LogP contribution in [-0.4, -0.2) is 37.8 Å². The molecule has 1 aromatic carbocycles. The molecule has 0 unspecified atom stereocenters. The third kappa shape index (κ3) is 4.21. The molecule has 1 aromatic rings. The van der Waals surface area contributed by atoms with Crippen molar-refractivity contribution in [1.82, 2.24) is 5.32 Å². The van der Waals surface area contributed by atoms with E-state index in [4.69, 9.17) is 9.47 Å². The molecule has 1 heterocycles. The number of anilines is 1. The summed E-state index contributed by atoms with van der Waals surface area (Å²) < 4.78 is 11.1. The molecule has 1 aliphatic carbocycles. The molecule has 1 amide bonds. The van der Waals surface area contributed by atoms with Gasteiger partial charge in [-0.3, -0.25) is 4.79 Å². The number of carbonyl (C=O) groups is 1. The van der Waals surface area contributed by atoms with Gasteiger partial charge in [0.05, 0.1) is 5.69 Å². The average molecular weight is 355 g/mol. The molecule has 134 valence electrons. The zero-order valence-electron chi connectivity index (χ0n) is 14.6. The zero-order chi connectivity index (χ0) is 16.4. The van der Waals surface area contributed by atoms with E-state index in [2.05, 4.69) is 17.4 Å². The Morgan fingerprint density at radius 2 is 2.12 bits per heavy atom. The largest absolute Gasteiger partial charge is 0.476 e. The number of methoxy groups -OCH3 is 1. The molecule has 1 fully saturated rings. The van der Waals surface area contributed by atoms with Crippen LogP contribution in [0.15, 0.2) is 18.2 Å². The van der Waals surface area contributed by atoms with Crippen molar-refractivity contribution in [1.29, 1.82) is 0 Å². The Morgan fingerprint density at radius 3 is 2.79 bits per heavy atom. The summed E-state index contributed by atoms with van der Waals surface area (Å²) in [4.78, 5) is 14.5. The highest BCUT2D eigenvalue weighted by Crippen LogP contribution is 2.38. The van der Waals surface area contributed by atoms with Gasteiger partial charge in [0.25, 0.3) is 5.91 Å². The van der Waals surface area contributed by atoms with E-state index in [-0.39, 0.29) is 18.3 Å². The number of amides is 1. The standard InChI is InChI=1S/C18H26N2O3.ClH/c1-18(2)17(21)20(9-4-10-22-3)15-8-5-13(11-16(15)23-18)12-19-14-6-7-14;/h5,8,11,14,19H,4,6-7,9-10,12H2,1-3H3;1H. The van der Waals surface area contributed by atoms with E-state index in [9.17, 15) is 4.79 Å². The molecule has 6 heteroatoms. The Labute approximate surface area is 150 Å². The lowest BCUT2D eigenvalue weighted by Gasteiger charge is -2.39. The van der Waals surface area contributed by atoms with Crippen molar-refractivity contribution in [3.63, 3.8) is 0 Å². The fraction of sp³-hybridized carbons (Fsp3) is 0.611. The second-order valence-corrected chi connectivity index (χ2v) is 6.87. The molecule has 0 aromatic heterocycles. The molecule has 0 bridgehead atoms. The van der Waals surface area contributed by atoms with Gasteiger partial charge in [-0.1, -0.05) is 6.07 Å². The minimum atomic E-state index is -0.831. The van der Waals surface area contributed by atoms with Crippen molar-refractivity contribution >= 4 is 24.0 Å². The first-order valence-corrected chi connectivity index (χ1v) is 8.37. The highest BCUT2D eigenvalue weighted by molar-refractivity contribution is 6.02. The Morgan fingerprint density at radius 1 is 1.38 bits per heavy atom. The molecular weight excluding hydrogens is 328 g/mol. The SMILES string of the molecule is COCCCN1C(=O)C(C)(C)Oc2cc(CNC3CC3)ccc21.Cl. The van der Waals surface area contributed by atoms with Gasteiger partial charge >= 0.3 is 0 Å². The van der Waals surface area contributed by atoms with Gasteiger partial charge in [-0.25, -0.2) is 0 Å². The lowest BCUT2D eigenvalue weighted by atomic mass is 10.0. The van der Waals surface area contributed by atoms with Crippen molar-refractivity contribution in [2.24, 2.45) is 0 Å². The number of fused-ring (bicyclic) bond motifs is 1. The first kappa shape index (κ1) is 19.0. The van der Waals surface area contributed by atoms with Crippen molar-refractivity contribution in [2.45, 2.75) is 51.3 Å². The van der Waals surface area contributed by atoms with Gasteiger partial charge in [0.15, 0.2) is 5.60 Å². The van der Waals surface area contributed by atoms with Crippen molar-refractivity contribution < 1.29 is 14.3 Å². The molecule has 1 aliphatic heterocycles. The van der Waals surface area contributed by atoms with Crippen LogP contribution < -0.4 is 15.0 Å². The maximum atomic E-state index is 12.7. The predicted octanol–water partition coefficient (Wildman–Crippen LogP) is 2.90. The smallest absolute Gasteiger partial charge is 0.270 e. The number of ether oxygens (including phenoxy) is 2. The van der Waals surface area contributed by atoms with Gasteiger partial charge in [-0.15, -0.1) is 12.4 Å². The summed E-state index contributed by atoms with van der Waals surface area (Å²) in [5.74, 6) is 0.798. The van der Waals surface area contributed by atoms with E-state index in [0.29, 0.717) is 19.2 Å². The Balaban J connectivity index is 0.00000208. The molecular formula is C18H27ClN2O3. The second kappa shape index (κ2) is 7.72. The van der Waals surface area contributed by atoms with Gasteiger partial charge in [-0.2, -0.15) is 0 Å². The number of nitrogens with one attached hydrogen (secondary N) is 1. The van der Waals surface area contributed by atoms with Crippen LogP contribution in [0.25, 0.3) is 0 Å². The van der Waals surface area contributed by atoms with Crippen LogP contribution in [0.4, 0.5) is 5.69 Å². The molecule has 0 radical (unpaired) electrons. The summed E-state index contributed by atoms with van der Waals surface area (Å²) in [7, 11) is 1.68. The van der Waals surface area contributed by atoms with E-state index in [0.717, 1.165) is 24.4 Å². The number of rotatable bonds is 7. The summed E-state index contributed by atoms with van der Waals surface area (Å²) >= 11 is 0. The number of nitrogens with zero attached hydrogens (tertiary/aromatic N) is 1. The lowest BCUT2D eigenvalue weighted by Crippen LogP contribution is -2.52. The van der Waals surface area contributed by atoms with Crippen molar-refractivity contribution in [3.8, 4) is 5.75 Å². The highest BCUT2D eigenvalue weighted by Gasteiger charge is 2.40. The molecule has 1 saturated carbocycles. The Hall–Kier alpha value is -1.30. The highest BCUT2D eigenvalue weighted by atomic mass is 35.5. The van der Waals surface area contributed by atoms with Crippen LogP contribution in [0.3, 0.4) is 0 Å². The topological polar surface area (TPSA) is 50.8 Å². The van der Waals surface area contributed by atoms with E-state index in [1.54, 1.807) is 7.11 Å². The first-order chi connectivity index (χ1) is 11.0. The minimum Gasteiger partial charge on any atom is -0.476 e. The molecule has 1 N–H and O–H groups in total.